The van der Waals surface area contributed by atoms with Crippen LogP contribution in [0.5, 0.6) is 0 Å². The minimum Gasteiger partial charge on any atom is -0.326 e. The summed E-state index contributed by atoms with van der Waals surface area (Å²) < 4.78 is 0. The average Bonchev–Trinajstić information content (AvgIpc) is 2.38. The van der Waals surface area contributed by atoms with E-state index in [9.17, 15) is 4.79 Å². The van der Waals surface area contributed by atoms with Crippen LogP contribution >= 0.6 is 0 Å². The number of nitrogens with one attached hydrogen (secondary N) is 2. The first-order valence-electron chi connectivity index (χ1n) is 6.27. The minimum absolute atomic E-state index is 0.0487. The van der Waals surface area contributed by atoms with Crippen molar-refractivity contribution < 1.29 is 4.79 Å². The Labute approximate surface area is 114 Å². The van der Waals surface area contributed by atoms with Crippen molar-refractivity contribution >= 4 is 11.6 Å². The van der Waals surface area contributed by atoms with E-state index in [-0.39, 0.29) is 5.91 Å². The molecule has 0 spiro atoms. The summed E-state index contributed by atoms with van der Waals surface area (Å²) in [5.41, 5.74) is 1.21. The van der Waals surface area contributed by atoms with Crippen molar-refractivity contribution in [2.24, 2.45) is 0 Å². The summed E-state index contributed by atoms with van der Waals surface area (Å²) in [4.78, 5) is 13.7. The third kappa shape index (κ3) is 6.55. The number of rotatable bonds is 7. The third-order valence-electron chi connectivity index (χ3n) is 2.54. The van der Waals surface area contributed by atoms with Crippen LogP contribution in [0.15, 0.2) is 24.3 Å². The van der Waals surface area contributed by atoms with E-state index in [1.54, 1.807) is 24.3 Å². The van der Waals surface area contributed by atoms with E-state index in [1.165, 1.54) is 0 Å². The Morgan fingerprint density at radius 1 is 1.37 bits per heavy atom. The Balaban J connectivity index is 2.25. The summed E-state index contributed by atoms with van der Waals surface area (Å²) in [5.74, 6) is -0.0487. The van der Waals surface area contributed by atoms with Gasteiger partial charge in [-0.05, 0) is 32.3 Å². The second kappa shape index (κ2) is 8.25. The van der Waals surface area contributed by atoms with Gasteiger partial charge in [0.05, 0.1) is 11.6 Å². The molecule has 0 aromatic heterocycles. The van der Waals surface area contributed by atoms with E-state index in [0.717, 1.165) is 13.1 Å². The second-order valence-corrected chi connectivity index (χ2v) is 4.54. The van der Waals surface area contributed by atoms with Crippen molar-refractivity contribution in [1.82, 2.24) is 10.2 Å². The molecule has 19 heavy (non-hydrogen) atoms. The van der Waals surface area contributed by atoms with Crippen molar-refractivity contribution in [3.63, 3.8) is 0 Å². The Morgan fingerprint density at radius 2 is 2.16 bits per heavy atom. The normalized spacial score (nSPS) is 10.2. The number of carbonyl (C=O) groups excluding carboxylic acids is 1. The molecule has 5 heteroatoms. The molecule has 2 N–H and O–H groups in total. The van der Waals surface area contributed by atoms with E-state index in [2.05, 4.69) is 15.5 Å². The molecule has 0 radical (unpaired) electrons. The zero-order chi connectivity index (χ0) is 14.1. The molecule has 0 bridgehead atoms. The molecule has 0 saturated heterocycles. The number of benzene rings is 1. The monoisotopic (exact) mass is 260 g/mol. The molecule has 0 aliphatic carbocycles. The molecule has 102 valence electrons. The van der Waals surface area contributed by atoms with Gasteiger partial charge in [0.1, 0.15) is 0 Å². The SMILES string of the molecule is CN(C)CCNCCC(=O)Nc1cccc(C#N)c1. The van der Waals surface area contributed by atoms with Crippen LogP contribution in [0.2, 0.25) is 0 Å². The lowest BCUT2D eigenvalue weighted by atomic mass is 10.2. The van der Waals surface area contributed by atoms with Gasteiger partial charge in [0.25, 0.3) is 0 Å². The minimum atomic E-state index is -0.0487. The molecule has 0 aliphatic rings. The largest absolute Gasteiger partial charge is 0.326 e. The Morgan fingerprint density at radius 3 is 2.84 bits per heavy atom. The fourth-order valence-electron chi connectivity index (χ4n) is 1.52. The molecule has 1 rings (SSSR count). The van der Waals surface area contributed by atoms with Crippen LogP contribution in [0.25, 0.3) is 0 Å². The molecule has 1 amide bonds. The molecular formula is C14H20N4O. The van der Waals surface area contributed by atoms with Gasteiger partial charge in [-0.25, -0.2) is 0 Å². The van der Waals surface area contributed by atoms with Gasteiger partial charge in [-0.15, -0.1) is 0 Å². The number of hydrogen-bond acceptors (Lipinski definition) is 4. The van der Waals surface area contributed by atoms with Gasteiger partial charge in [0.2, 0.25) is 5.91 Å². The molecule has 0 atom stereocenters. The van der Waals surface area contributed by atoms with Crippen LogP contribution in [0.4, 0.5) is 5.69 Å². The quantitative estimate of drug-likeness (QED) is 0.719. The van der Waals surface area contributed by atoms with E-state index >= 15 is 0 Å². The molecule has 1 aromatic rings. The van der Waals surface area contributed by atoms with Crippen LogP contribution in [-0.2, 0) is 4.79 Å². The summed E-state index contributed by atoms with van der Waals surface area (Å²) in [5, 5.41) is 14.7. The van der Waals surface area contributed by atoms with Crippen molar-refractivity contribution in [3.05, 3.63) is 29.8 Å². The average molecular weight is 260 g/mol. The van der Waals surface area contributed by atoms with Gasteiger partial charge < -0.3 is 15.5 Å². The van der Waals surface area contributed by atoms with Gasteiger partial charge in [0.15, 0.2) is 0 Å². The van der Waals surface area contributed by atoms with Crippen molar-refractivity contribution in [2.45, 2.75) is 6.42 Å². The highest BCUT2D eigenvalue weighted by Gasteiger charge is 2.02. The number of carbonyl (C=O) groups is 1. The second-order valence-electron chi connectivity index (χ2n) is 4.54. The fourth-order valence-corrected chi connectivity index (χ4v) is 1.52. The maximum atomic E-state index is 11.7. The predicted octanol–water partition coefficient (Wildman–Crippen LogP) is 1.04. The van der Waals surface area contributed by atoms with E-state index in [0.29, 0.717) is 24.2 Å². The lowest BCUT2D eigenvalue weighted by molar-refractivity contribution is -0.116. The summed E-state index contributed by atoms with van der Waals surface area (Å²) in [6.07, 6.45) is 0.421. The number of anilines is 1. The van der Waals surface area contributed by atoms with Crippen LogP contribution in [0.1, 0.15) is 12.0 Å². The Bertz CT molecular complexity index is 451. The van der Waals surface area contributed by atoms with Crippen molar-refractivity contribution in [2.75, 3.05) is 39.0 Å². The molecule has 1 aromatic carbocycles. The molecule has 0 unspecified atom stereocenters. The number of likely N-dealkylation sites (N-methyl/N-ethyl adjacent to an activating group) is 1. The molecule has 0 fully saturated rings. The van der Waals surface area contributed by atoms with Gasteiger partial charge in [-0.1, -0.05) is 6.07 Å². The van der Waals surface area contributed by atoms with Gasteiger partial charge in [0, 0.05) is 31.7 Å². The lowest BCUT2D eigenvalue weighted by Gasteiger charge is -2.10. The molecule has 0 saturated carbocycles. The first-order valence-corrected chi connectivity index (χ1v) is 6.27. The first kappa shape index (κ1) is 15.2. The number of nitrogens with zero attached hydrogens (tertiary/aromatic N) is 2. The van der Waals surface area contributed by atoms with Crippen molar-refractivity contribution in [3.8, 4) is 6.07 Å². The van der Waals surface area contributed by atoms with Crippen LogP contribution in [0, 0.1) is 11.3 Å². The van der Waals surface area contributed by atoms with Crippen LogP contribution < -0.4 is 10.6 Å². The Kier molecular flexibility index (Phi) is 6.58. The van der Waals surface area contributed by atoms with Crippen LogP contribution in [0.3, 0.4) is 0 Å². The lowest BCUT2D eigenvalue weighted by Crippen LogP contribution is -2.29. The van der Waals surface area contributed by atoms with Gasteiger partial charge in [-0.3, -0.25) is 4.79 Å². The zero-order valence-corrected chi connectivity index (χ0v) is 11.4. The maximum Gasteiger partial charge on any atom is 0.225 e. The summed E-state index contributed by atoms with van der Waals surface area (Å²) in [6.45, 7) is 2.47. The van der Waals surface area contributed by atoms with E-state index in [4.69, 9.17) is 5.26 Å². The van der Waals surface area contributed by atoms with Gasteiger partial charge >= 0.3 is 0 Å². The topological polar surface area (TPSA) is 68.2 Å². The van der Waals surface area contributed by atoms with E-state index in [1.807, 2.05) is 20.2 Å². The fraction of sp³-hybridized carbons (Fsp3) is 0.429. The summed E-state index contributed by atoms with van der Waals surface area (Å²) in [7, 11) is 4.02. The molecule has 0 aliphatic heterocycles. The highest BCUT2D eigenvalue weighted by molar-refractivity contribution is 5.90. The highest BCUT2D eigenvalue weighted by Crippen LogP contribution is 2.09. The number of hydrogen-bond donors (Lipinski definition) is 2. The maximum absolute atomic E-state index is 11.7. The van der Waals surface area contributed by atoms with Gasteiger partial charge in [-0.2, -0.15) is 5.26 Å². The number of nitriles is 1. The number of amides is 1. The molecule has 0 heterocycles. The molecule has 5 nitrogen and oxygen atoms in total. The predicted molar refractivity (Wildman–Crippen MR) is 75.8 cm³/mol. The standard InChI is InChI=1S/C14H20N4O/c1-18(2)9-8-16-7-6-14(19)17-13-5-3-4-12(10-13)11-15/h3-5,10,16H,6-9H2,1-2H3,(H,17,19). The van der Waals surface area contributed by atoms with Crippen LogP contribution in [-0.4, -0.2) is 44.5 Å². The molecular weight excluding hydrogens is 240 g/mol. The summed E-state index contributed by atoms with van der Waals surface area (Å²) >= 11 is 0. The third-order valence-corrected chi connectivity index (χ3v) is 2.54. The first-order chi connectivity index (χ1) is 9.11. The van der Waals surface area contributed by atoms with E-state index < -0.39 is 0 Å². The Hall–Kier alpha value is -1.90. The van der Waals surface area contributed by atoms with Crippen molar-refractivity contribution in [1.29, 1.82) is 5.26 Å². The summed E-state index contributed by atoms with van der Waals surface area (Å²) in [6, 6.07) is 8.94. The smallest absolute Gasteiger partial charge is 0.225 e. The highest BCUT2D eigenvalue weighted by atomic mass is 16.1. The zero-order valence-electron chi connectivity index (χ0n) is 11.4.